The fraction of sp³-hybridized carbons (Fsp3) is 0.355. The van der Waals surface area contributed by atoms with Crippen LogP contribution < -0.4 is 14.4 Å². The predicted octanol–water partition coefficient (Wildman–Crippen LogP) is 4.84. The number of rotatable bonds is 12. The number of methoxy groups -OCH3 is 1. The van der Waals surface area contributed by atoms with Crippen molar-refractivity contribution in [3.05, 3.63) is 89.5 Å². The van der Waals surface area contributed by atoms with E-state index in [4.69, 9.17) is 4.74 Å². The molecule has 0 fully saturated rings. The lowest BCUT2D eigenvalue weighted by atomic mass is 10.1. The number of nitrogens with one attached hydrogen (secondary N) is 1. The van der Waals surface area contributed by atoms with Gasteiger partial charge in [-0.05, 0) is 87.2 Å². The van der Waals surface area contributed by atoms with E-state index < -0.39 is 28.5 Å². The molecular weight excluding hydrogens is 526 g/mol. The minimum atomic E-state index is -4.10. The highest BCUT2D eigenvalue weighted by Gasteiger charge is 2.33. The Morgan fingerprint density at radius 2 is 1.52 bits per heavy atom. The summed E-state index contributed by atoms with van der Waals surface area (Å²) in [7, 11) is -2.53. The molecular formula is C31H39N3O5S. The van der Waals surface area contributed by atoms with Crippen molar-refractivity contribution in [3.8, 4) is 5.75 Å². The van der Waals surface area contributed by atoms with Gasteiger partial charge in [-0.3, -0.25) is 13.9 Å². The predicted molar refractivity (Wildman–Crippen MR) is 158 cm³/mol. The Morgan fingerprint density at radius 3 is 2.08 bits per heavy atom. The second-order valence-electron chi connectivity index (χ2n) is 10.0. The molecule has 0 unspecified atom stereocenters. The van der Waals surface area contributed by atoms with E-state index >= 15 is 0 Å². The SMILES string of the molecule is CC[C@@H](C)NC(=O)[C@H](C)N(Cc1ccc(OC)cc1)C(=O)CN(c1cc(C)cc(C)c1)S(=O)(=O)c1ccccc1. The van der Waals surface area contributed by atoms with Crippen LogP contribution in [0.25, 0.3) is 0 Å². The maximum absolute atomic E-state index is 14.0. The van der Waals surface area contributed by atoms with Crippen LogP contribution in [0.5, 0.6) is 5.75 Å². The van der Waals surface area contributed by atoms with Gasteiger partial charge in [0.2, 0.25) is 11.8 Å². The van der Waals surface area contributed by atoms with E-state index in [1.807, 2.05) is 45.9 Å². The van der Waals surface area contributed by atoms with Crippen LogP contribution in [0.2, 0.25) is 0 Å². The Bertz CT molecular complexity index is 1390. The van der Waals surface area contributed by atoms with Gasteiger partial charge >= 0.3 is 0 Å². The van der Waals surface area contributed by atoms with Gasteiger partial charge in [-0.1, -0.05) is 43.3 Å². The van der Waals surface area contributed by atoms with E-state index in [0.29, 0.717) is 11.4 Å². The summed E-state index contributed by atoms with van der Waals surface area (Å²) >= 11 is 0. The Labute approximate surface area is 238 Å². The van der Waals surface area contributed by atoms with Gasteiger partial charge in [-0.25, -0.2) is 8.42 Å². The monoisotopic (exact) mass is 565 g/mol. The van der Waals surface area contributed by atoms with Gasteiger partial charge in [0, 0.05) is 12.6 Å². The molecule has 3 aromatic carbocycles. The third-order valence-corrected chi connectivity index (χ3v) is 8.57. The van der Waals surface area contributed by atoms with Crippen molar-refractivity contribution >= 4 is 27.5 Å². The van der Waals surface area contributed by atoms with Gasteiger partial charge in [0.25, 0.3) is 10.0 Å². The van der Waals surface area contributed by atoms with Crippen LogP contribution in [0.3, 0.4) is 0 Å². The summed E-state index contributed by atoms with van der Waals surface area (Å²) in [6.45, 7) is 8.92. The molecule has 0 spiro atoms. The molecule has 9 heteroatoms. The molecule has 8 nitrogen and oxygen atoms in total. The van der Waals surface area contributed by atoms with Crippen molar-refractivity contribution in [1.29, 1.82) is 0 Å². The van der Waals surface area contributed by atoms with E-state index in [1.54, 1.807) is 56.5 Å². The number of sulfonamides is 1. The van der Waals surface area contributed by atoms with Gasteiger partial charge in [0.05, 0.1) is 17.7 Å². The summed E-state index contributed by atoms with van der Waals surface area (Å²) in [6.07, 6.45) is 0.737. The zero-order valence-corrected chi connectivity index (χ0v) is 24.9. The van der Waals surface area contributed by atoms with Gasteiger partial charge in [0.1, 0.15) is 18.3 Å². The van der Waals surface area contributed by atoms with Crippen LogP contribution in [0, 0.1) is 13.8 Å². The summed E-state index contributed by atoms with van der Waals surface area (Å²) in [5, 5.41) is 2.94. The molecule has 0 aliphatic carbocycles. The summed E-state index contributed by atoms with van der Waals surface area (Å²) < 4.78 is 34.2. The highest BCUT2D eigenvalue weighted by Crippen LogP contribution is 2.27. The third-order valence-electron chi connectivity index (χ3n) is 6.78. The fourth-order valence-corrected chi connectivity index (χ4v) is 5.74. The molecule has 2 atom stereocenters. The average molecular weight is 566 g/mol. The van der Waals surface area contributed by atoms with Crippen LogP contribution in [-0.4, -0.2) is 50.9 Å². The molecule has 0 aliphatic rings. The van der Waals surface area contributed by atoms with Crippen LogP contribution in [-0.2, 0) is 26.2 Å². The highest BCUT2D eigenvalue weighted by atomic mass is 32.2. The van der Waals surface area contributed by atoms with Crippen LogP contribution in [0.1, 0.15) is 43.9 Å². The third kappa shape index (κ3) is 7.63. The Balaban J connectivity index is 2.04. The quantitative estimate of drug-likeness (QED) is 0.339. The van der Waals surface area contributed by atoms with Gasteiger partial charge < -0.3 is 15.0 Å². The highest BCUT2D eigenvalue weighted by molar-refractivity contribution is 7.92. The largest absolute Gasteiger partial charge is 0.497 e. The Hall–Kier alpha value is -3.85. The summed E-state index contributed by atoms with van der Waals surface area (Å²) in [5.74, 6) is -0.138. The molecule has 0 saturated carbocycles. The molecule has 0 bridgehead atoms. The molecule has 1 N–H and O–H groups in total. The number of anilines is 1. The number of hydrogen-bond acceptors (Lipinski definition) is 5. The van der Waals surface area contributed by atoms with Gasteiger partial charge in [-0.15, -0.1) is 0 Å². The lowest BCUT2D eigenvalue weighted by Gasteiger charge is -2.32. The van der Waals surface area contributed by atoms with E-state index in [-0.39, 0.29) is 23.4 Å². The molecule has 2 amide bonds. The molecule has 0 radical (unpaired) electrons. The maximum atomic E-state index is 14.0. The second kappa shape index (κ2) is 13.5. The summed E-state index contributed by atoms with van der Waals surface area (Å²) in [6, 6.07) is 19.8. The van der Waals surface area contributed by atoms with Gasteiger partial charge in [0.15, 0.2) is 0 Å². The lowest BCUT2D eigenvalue weighted by Crippen LogP contribution is -2.52. The Morgan fingerprint density at radius 1 is 0.925 bits per heavy atom. The molecule has 3 aromatic rings. The Kier molecular flexibility index (Phi) is 10.3. The normalized spacial score (nSPS) is 12.8. The van der Waals surface area contributed by atoms with Crippen molar-refractivity contribution in [3.63, 3.8) is 0 Å². The first-order valence-corrected chi connectivity index (χ1v) is 14.8. The number of benzene rings is 3. The molecule has 214 valence electrons. The molecule has 0 heterocycles. The minimum Gasteiger partial charge on any atom is -0.497 e. The zero-order valence-electron chi connectivity index (χ0n) is 24.0. The van der Waals surface area contributed by atoms with Crippen molar-refractivity contribution in [2.45, 2.75) is 64.6 Å². The number of hydrogen-bond donors (Lipinski definition) is 1. The van der Waals surface area contributed by atoms with Crippen molar-refractivity contribution < 1.29 is 22.7 Å². The molecule has 0 aromatic heterocycles. The van der Waals surface area contributed by atoms with E-state index in [2.05, 4.69) is 5.32 Å². The van der Waals surface area contributed by atoms with Gasteiger partial charge in [-0.2, -0.15) is 0 Å². The lowest BCUT2D eigenvalue weighted by molar-refractivity contribution is -0.139. The van der Waals surface area contributed by atoms with Crippen LogP contribution >= 0.6 is 0 Å². The number of amides is 2. The summed E-state index contributed by atoms with van der Waals surface area (Å²) in [4.78, 5) is 28.7. The van der Waals surface area contributed by atoms with Crippen molar-refractivity contribution in [2.24, 2.45) is 0 Å². The molecule has 0 saturated heterocycles. The standard InChI is InChI=1S/C31H39N3O5S/c1-7-24(4)32-31(36)25(5)33(20-26-13-15-28(39-6)16-14-26)30(35)21-34(27-18-22(2)17-23(3)19-27)40(37,38)29-11-9-8-10-12-29/h8-19,24-25H,7,20-21H2,1-6H3,(H,32,36)/t24-,25+/m1/s1. The van der Waals surface area contributed by atoms with E-state index in [0.717, 1.165) is 27.4 Å². The van der Waals surface area contributed by atoms with Crippen LogP contribution in [0.15, 0.2) is 77.7 Å². The van der Waals surface area contributed by atoms with Crippen molar-refractivity contribution in [1.82, 2.24) is 10.2 Å². The van der Waals surface area contributed by atoms with Crippen molar-refractivity contribution in [2.75, 3.05) is 18.0 Å². The zero-order chi connectivity index (χ0) is 29.4. The second-order valence-corrected chi connectivity index (χ2v) is 11.9. The number of carbonyl (C=O) groups is 2. The molecule has 3 rings (SSSR count). The molecule has 40 heavy (non-hydrogen) atoms. The minimum absolute atomic E-state index is 0.0712. The maximum Gasteiger partial charge on any atom is 0.264 e. The number of carbonyl (C=O) groups excluding carboxylic acids is 2. The average Bonchev–Trinajstić information content (AvgIpc) is 2.94. The fourth-order valence-electron chi connectivity index (χ4n) is 4.32. The first-order chi connectivity index (χ1) is 19.0. The number of nitrogens with zero attached hydrogens (tertiary/aromatic N) is 2. The number of aryl methyl sites for hydroxylation is 2. The van der Waals surface area contributed by atoms with E-state index in [1.165, 1.54) is 17.0 Å². The molecule has 0 aliphatic heterocycles. The van der Waals surface area contributed by atoms with E-state index in [9.17, 15) is 18.0 Å². The topological polar surface area (TPSA) is 96.0 Å². The first-order valence-electron chi connectivity index (χ1n) is 13.3. The first kappa shape index (κ1) is 30.7. The smallest absolute Gasteiger partial charge is 0.264 e. The summed E-state index contributed by atoms with van der Waals surface area (Å²) in [5.41, 5.74) is 2.90. The number of ether oxygens (including phenoxy) is 1. The van der Waals surface area contributed by atoms with Crippen LogP contribution in [0.4, 0.5) is 5.69 Å².